The van der Waals surface area contributed by atoms with E-state index in [4.69, 9.17) is 0 Å². The van der Waals surface area contributed by atoms with Crippen molar-refractivity contribution in [3.8, 4) is 0 Å². The Kier molecular flexibility index (Phi) is 2.89. The molecule has 76 valence electrons. The first-order chi connectivity index (χ1) is 6.45. The fraction of sp³-hybridized carbons (Fsp3) is 0.455. The molecule has 0 spiro atoms. The SMILES string of the molecule is C=CCn1nc(C(C)(C)C)ccc1=O. The number of nitrogens with zero attached hydrogens (tertiary/aromatic N) is 2. The molecule has 0 amide bonds. The van der Waals surface area contributed by atoms with Gasteiger partial charge in [0.1, 0.15) is 0 Å². The largest absolute Gasteiger partial charge is 0.268 e. The molecule has 1 aromatic rings. The summed E-state index contributed by atoms with van der Waals surface area (Å²) in [5, 5.41) is 4.27. The third-order valence-corrected chi connectivity index (χ3v) is 1.94. The predicted molar refractivity (Wildman–Crippen MR) is 57.4 cm³/mol. The van der Waals surface area contributed by atoms with Crippen molar-refractivity contribution in [2.75, 3.05) is 0 Å². The van der Waals surface area contributed by atoms with Crippen LogP contribution in [0.3, 0.4) is 0 Å². The van der Waals surface area contributed by atoms with E-state index in [0.717, 1.165) is 5.69 Å². The van der Waals surface area contributed by atoms with E-state index in [-0.39, 0.29) is 11.0 Å². The Morgan fingerprint density at radius 1 is 1.50 bits per heavy atom. The molecule has 1 heterocycles. The van der Waals surface area contributed by atoms with Crippen molar-refractivity contribution < 1.29 is 0 Å². The predicted octanol–water partition coefficient (Wildman–Crippen LogP) is 1.73. The van der Waals surface area contributed by atoms with E-state index in [0.29, 0.717) is 6.54 Å². The quantitative estimate of drug-likeness (QED) is 0.669. The zero-order chi connectivity index (χ0) is 10.8. The molecule has 3 heteroatoms. The topological polar surface area (TPSA) is 34.9 Å². The fourth-order valence-electron chi connectivity index (χ4n) is 1.10. The van der Waals surface area contributed by atoms with Crippen molar-refractivity contribution in [2.24, 2.45) is 0 Å². The van der Waals surface area contributed by atoms with Crippen molar-refractivity contribution in [1.82, 2.24) is 9.78 Å². The molecule has 0 aromatic carbocycles. The maximum atomic E-state index is 11.3. The lowest BCUT2D eigenvalue weighted by Crippen LogP contribution is -2.26. The first kappa shape index (κ1) is 10.7. The molecule has 14 heavy (non-hydrogen) atoms. The summed E-state index contributed by atoms with van der Waals surface area (Å²) >= 11 is 0. The highest BCUT2D eigenvalue weighted by atomic mass is 16.1. The van der Waals surface area contributed by atoms with E-state index >= 15 is 0 Å². The fourth-order valence-corrected chi connectivity index (χ4v) is 1.10. The molecule has 3 nitrogen and oxygen atoms in total. The monoisotopic (exact) mass is 192 g/mol. The molecule has 0 N–H and O–H groups in total. The van der Waals surface area contributed by atoms with Crippen LogP contribution in [0, 0.1) is 0 Å². The molecule has 0 saturated carbocycles. The molecule has 1 aromatic heterocycles. The molecular formula is C11H16N2O. The average molecular weight is 192 g/mol. The van der Waals surface area contributed by atoms with Crippen molar-refractivity contribution in [2.45, 2.75) is 32.7 Å². The van der Waals surface area contributed by atoms with E-state index in [1.165, 1.54) is 4.68 Å². The molecule has 0 aliphatic rings. The van der Waals surface area contributed by atoms with Gasteiger partial charge in [-0.3, -0.25) is 4.79 Å². The number of aromatic nitrogens is 2. The lowest BCUT2D eigenvalue weighted by Gasteiger charge is -2.17. The zero-order valence-corrected chi connectivity index (χ0v) is 8.95. The Hall–Kier alpha value is -1.38. The van der Waals surface area contributed by atoms with Gasteiger partial charge in [-0.1, -0.05) is 26.8 Å². The summed E-state index contributed by atoms with van der Waals surface area (Å²) in [5.41, 5.74) is 0.799. The van der Waals surface area contributed by atoms with Crippen LogP contribution in [0.4, 0.5) is 0 Å². The lowest BCUT2D eigenvalue weighted by atomic mass is 9.92. The summed E-state index contributed by atoms with van der Waals surface area (Å²) in [6.45, 7) is 10.3. The Morgan fingerprint density at radius 2 is 2.14 bits per heavy atom. The van der Waals surface area contributed by atoms with Gasteiger partial charge in [0.2, 0.25) is 0 Å². The highest BCUT2D eigenvalue weighted by Gasteiger charge is 2.16. The van der Waals surface area contributed by atoms with Crippen LogP contribution in [0.15, 0.2) is 29.6 Å². The van der Waals surface area contributed by atoms with Crippen molar-refractivity contribution >= 4 is 0 Å². The van der Waals surface area contributed by atoms with Crippen LogP contribution in [0.5, 0.6) is 0 Å². The van der Waals surface area contributed by atoms with Gasteiger partial charge in [0.15, 0.2) is 0 Å². The number of rotatable bonds is 2. The van der Waals surface area contributed by atoms with E-state index in [1.54, 1.807) is 18.2 Å². The van der Waals surface area contributed by atoms with E-state index in [1.807, 2.05) is 0 Å². The summed E-state index contributed by atoms with van der Waals surface area (Å²) < 4.78 is 1.42. The zero-order valence-electron chi connectivity index (χ0n) is 8.95. The second-order valence-corrected chi connectivity index (χ2v) is 4.28. The van der Waals surface area contributed by atoms with Gasteiger partial charge in [-0.15, -0.1) is 6.58 Å². The third-order valence-electron chi connectivity index (χ3n) is 1.94. The van der Waals surface area contributed by atoms with Gasteiger partial charge < -0.3 is 0 Å². The molecule has 0 aliphatic heterocycles. The van der Waals surface area contributed by atoms with Crippen molar-refractivity contribution in [3.05, 3.63) is 40.8 Å². The van der Waals surface area contributed by atoms with Gasteiger partial charge in [0.05, 0.1) is 12.2 Å². The number of hydrogen-bond donors (Lipinski definition) is 0. The van der Waals surface area contributed by atoms with Crippen molar-refractivity contribution in [3.63, 3.8) is 0 Å². The smallest absolute Gasteiger partial charge is 0.267 e. The highest BCUT2D eigenvalue weighted by molar-refractivity contribution is 5.10. The van der Waals surface area contributed by atoms with Crippen LogP contribution in [0.25, 0.3) is 0 Å². The minimum Gasteiger partial charge on any atom is -0.268 e. The summed E-state index contributed by atoms with van der Waals surface area (Å²) in [6.07, 6.45) is 1.67. The second kappa shape index (κ2) is 3.78. The summed E-state index contributed by atoms with van der Waals surface area (Å²) in [7, 11) is 0. The Labute approximate surface area is 84.1 Å². The Balaban J connectivity index is 3.19. The van der Waals surface area contributed by atoms with Crippen LogP contribution in [0.2, 0.25) is 0 Å². The molecule has 0 atom stereocenters. The van der Waals surface area contributed by atoms with Crippen LogP contribution in [0.1, 0.15) is 26.5 Å². The first-order valence-electron chi connectivity index (χ1n) is 4.64. The Morgan fingerprint density at radius 3 is 2.64 bits per heavy atom. The molecule has 0 saturated heterocycles. The van der Waals surface area contributed by atoms with Crippen LogP contribution in [-0.4, -0.2) is 9.78 Å². The van der Waals surface area contributed by atoms with E-state index < -0.39 is 0 Å². The molecule has 0 bridgehead atoms. The lowest BCUT2D eigenvalue weighted by molar-refractivity contribution is 0.520. The van der Waals surface area contributed by atoms with Gasteiger partial charge in [-0.2, -0.15) is 5.10 Å². The molecule has 0 radical (unpaired) electrons. The maximum Gasteiger partial charge on any atom is 0.267 e. The van der Waals surface area contributed by atoms with Crippen LogP contribution in [-0.2, 0) is 12.0 Å². The normalized spacial score (nSPS) is 11.4. The van der Waals surface area contributed by atoms with E-state index in [9.17, 15) is 4.79 Å². The first-order valence-corrected chi connectivity index (χ1v) is 4.64. The van der Waals surface area contributed by atoms with Gasteiger partial charge in [-0.25, -0.2) is 4.68 Å². The second-order valence-electron chi connectivity index (χ2n) is 4.28. The van der Waals surface area contributed by atoms with Crippen molar-refractivity contribution in [1.29, 1.82) is 0 Å². The summed E-state index contributed by atoms with van der Waals surface area (Å²) in [4.78, 5) is 11.3. The minimum atomic E-state index is -0.0853. The maximum absolute atomic E-state index is 11.3. The standard InChI is InChI=1S/C11H16N2O/c1-5-8-13-10(14)7-6-9(12-13)11(2,3)4/h5-7H,1,8H2,2-4H3. The van der Waals surface area contributed by atoms with Crippen LogP contribution >= 0.6 is 0 Å². The number of allylic oxidation sites excluding steroid dienone is 1. The average Bonchev–Trinajstić information content (AvgIpc) is 2.07. The van der Waals surface area contributed by atoms with Gasteiger partial charge in [0.25, 0.3) is 5.56 Å². The molecule has 1 rings (SSSR count). The highest BCUT2D eigenvalue weighted by Crippen LogP contribution is 2.17. The molecule has 0 aliphatic carbocycles. The minimum absolute atomic E-state index is 0.0311. The Bertz CT molecular complexity index is 385. The molecular weight excluding hydrogens is 176 g/mol. The molecule has 0 fully saturated rings. The third kappa shape index (κ3) is 2.31. The number of hydrogen-bond acceptors (Lipinski definition) is 2. The van der Waals surface area contributed by atoms with Gasteiger partial charge in [0, 0.05) is 11.5 Å². The summed E-state index contributed by atoms with van der Waals surface area (Å²) in [6, 6.07) is 3.33. The van der Waals surface area contributed by atoms with Crippen LogP contribution < -0.4 is 5.56 Å². The molecule has 0 unspecified atom stereocenters. The summed E-state index contributed by atoms with van der Waals surface area (Å²) in [5.74, 6) is 0. The van der Waals surface area contributed by atoms with Gasteiger partial charge >= 0.3 is 0 Å². The van der Waals surface area contributed by atoms with E-state index in [2.05, 4.69) is 32.4 Å². The van der Waals surface area contributed by atoms with Gasteiger partial charge in [-0.05, 0) is 6.07 Å².